The van der Waals surface area contributed by atoms with E-state index in [9.17, 15) is 9.59 Å². The van der Waals surface area contributed by atoms with Gasteiger partial charge >= 0.3 is 6.09 Å². The summed E-state index contributed by atoms with van der Waals surface area (Å²) in [5, 5.41) is 11.8. The normalized spacial score (nSPS) is 15.4. The minimum Gasteiger partial charge on any atom is -0.446 e. The molecule has 2 amide bonds. The molecule has 6 heteroatoms. The largest absolute Gasteiger partial charge is 0.446 e. The molecular weight excluding hydrogens is 440 g/mol. The third kappa shape index (κ3) is 18.9. The standard InChI is InChI=1S/C29H52N2O4/c1-6-7-8-14-19-24(3)27(35-29(30)34)21-15-12-10-9-11-13-17-23(2)18-16-20-25(4)28(33)31-26(5)22-32/h6,16,18,20,23-24,26-27,32H,1,7-15,17,19,21-22H2,2-5H3,(H2,30,34)(H,31,33). The number of primary amides is 1. The van der Waals surface area contributed by atoms with E-state index in [0.717, 1.165) is 51.4 Å². The molecule has 0 heterocycles. The molecule has 0 aromatic rings. The van der Waals surface area contributed by atoms with Crippen LogP contribution in [0.3, 0.4) is 0 Å². The Kier molecular flexibility index (Phi) is 20.0. The molecule has 4 unspecified atom stereocenters. The van der Waals surface area contributed by atoms with Crippen LogP contribution in [0.2, 0.25) is 0 Å². The van der Waals surface area contributed by atoms with E-state index in [4.69, 9.17) is 15.6 Å². The predicted octanol–water partition coefficient (Wildman–Crippen LogP) is 6.59. The summed E-state index contributed by atoms with van der Waals surface area (Å²) in [7, 11) is 0. The maximum atomic E-state index is 11.9. The van der Waals surface area contributed by atoms with Crippen LogP contribution in [0, 0.1) is 11.8 Å². The average molecular weight is 493 g/mol. The molecule has 4 atom stereocenters. The molecule has 0 aromatic carbocycles. The second kappa shape index (κ2) is 21.2. The first kappa shape index (κ1) is 32.9. The molecule has 6 nitrogen and oxygen atoms in total. The van der Waals surface area contributed by atoms with Crippen molar-refractivity contribution in [3.63, 3.8) is 0 Å². The molecule has 0 spiro atoms. The Morgan fingerprint density at radius 2 is 1.57 bits per heavy atom. The molecule has 202 valence electrons. The highest BCUT2D eigenvalue weighted by molar-refractivity contribution is 5.93. The van der Waals surface area contributed by atoms with Crippen LogP contribution in [0.1, 0.15) is 105 Å². The van der Waals surface area contributed by atoms with E-state index < -0.39 is 6.09 Å². The number of carbonyl (C=O) groups excluding carboxylic acids is 2. The van der Waals surface area contributed by atoms with Crippen LogP contribution in [0.15, 0.2) is 36.5 Å². The van der Waals surface area contributed by atoms with Crippen molar-refractivity contribution in [2.45, 2.75) is 117 Å². The first-order valence-corrected chi connectivity index (χ1v) is 13.5. The second-order valence-corrected chi connectivity index (χ2v) is 9.99. The van der Waals surface area contributed by atoms with Gasteiger partial charge in [0, 0.05) is 11.6 Å². The van der Waals surface area contributed by atoms with Gasteiger partial charge in [-0.25, -0.2) is 4.79 Å². The number of unbranched alkanes of at least 4 members (excludes halogenated alkanes) is 7. The lowest BCUT2D eigenvalue weighted by Gasteiger charge is -2.23. The van der Waals surface area contributed by atoms with Crippen LogP contribution in [-0.4, -0.2) is 35.9 Å². The molecule has 0 saturated heterocycles. The van der Waals surface area contributed by atoms with Gasteiger partial charge in [0.15, 0.2) is 0 Å². The van der Waals surface area contributed by atoms with Crippen molar-refractivity contribution in [2.24, 2.45) is 17.6 Å². The third-order valence-corrected chi connectivity index (χ3v) is 6.41. The summed E-state index contributed by atoms with van der Waals surface area (Å²) < 4.78 is 5.40. The lowest BCUT2D eigenvalue weighted by atomic mass is 9.93. The number of hydrogen-bond acceptors (Lipinski definition) is 4. The summed E-state index contributed by atoms with van der Waals surface area (Å²) in [6.07, 6.45) is 20.5. The van der Waals surface area contributed by atoms with Gasteiger partial charge in [0.2, 0.25) is 5.91 Å². The molecule has 0 bridgehead atoms. The topological polar surface area (TPSA) is 102 Å². The fraction of sp³-hybridized carbons (Fsp3) is 0.724. The molecule has 0 saturated carbocycles. The van der Waals surface area contributed by atoms with Crippen molar-refractivity contribution in [1.29, 1.82) is 0 Å². The van der Waals surface area contributed by atoms with Crippen LogP contribution >= 0.6 is 0 Å². The lowest BCUT2D eigenvalue weighted by Crippen LogP contribution is -2.35. The molecule has 0 aliphatic rings. The van der Waals surface area contributed by atoms with Gasteiger partial charge in [-0.05, 0) is 64.2 Å². The van der Waals surface area contributed by atoms with Crippen molar-refractivity contribution < 1.29 is 19.4 Å². The summed E-state index contributed by atoms with van der Waals surface area (Å²) in [5.41, 5.74) is 5.93. The Morgan fingerprint density at radius 1 is 0.971 bits per heavy atom. The summed E-state index contributed by atoms with van der Waals surface area (Å²) in [4.78, 5) is 23.2. The van der Waals surface area contributed by atoms with Crippen LogP contribution < -0.4 is 11.1 Å². The quantitative estimate of drug-likeness (QED) is 0.0728. The highest BCUT2D eigenvalue weighted by Crippen LogP contribution is 2.22. The molecule has 35 heavy (non-hydrogen) atoms. The summed E-state index contributed by atoms with van der Waals surface area (Å²) in [6, 6.07) is -0.236. The van der Waals surface area contributed by atoms with Gasteiger partial charge in [-0.2, -0.15) is 0 Å². The number of rotatable bonds is 21. The van der Waals surface area contributed by atoms with Crippen LogP contribution in [0.5, 0.6) is 0 Å². The number of allylic oxidation sites excluding steroid dienone is 4. The summed E-state index contributed by atoms with van der Waals surface area (Å²) >= 11 is 0. The number of nitrogens with one attached hydrogen (secondary N) is 1. The number of amides is 2. The van der Waals surface area contributed by atoms with Gasteiger partial charge < -0.3 is 20.9 Å². The number of carbonyl (C=O) groups is 2. The SMILES string of the molecule is C=CCCCCC(C)C(CCCCCCCCC(C)C=CC=C(C)C(=O)NC(C)CO)OC(N)=O. The van der Waals surface area contributed by atoms with E-state index in [-0.39, 0.29) is 24.7 Å². The van der Waals surface area contributed by atoms with E-state index in [1.54, 1.807) is 13.8 Å². The summed E-state index contributed by atoms with van der Waals surface area (Å²) in [6.45, 7) is 11.6. The average Bonchev–Trinajstić information content (AvgIpc) is 2.81. The zero-order valence-electron chi connectivity index (χ0n) is 22.8. The molecule has 0 aliphatic carbocycles. The van der Waals surface area contributed by atoms with Crippen molar-refractivity contribution in [3.05, 3.63) is 36.5 Å². The van der Waals surface area contributed by atoms with Gasteiger partial charge in [0.25, 0.3) is 0 Å². The molecule has 0 radical (unpaired) electrons. The van der Waals surface area contributed by atoms with E-state index >= 15 is 0 Å². The number of aliphatic hydroxyl groups is 1. The minimum absolute atomic E-state index is 0.0635. The number of nitrogens with two attached hydrogens (primary N) is 1. The van der Waals surface area contributed by atoms with E-state index in [1.165, 1.54) is 25.7 Å². The zero-order valence-corrected chi connectivity index (χ0v) is 22.8. The zero-order chi connectivity index (χ0) is 26.5. The first-order chi connectivity index (χ1) is 16.7. The number of aliphatic hydroxyl groups excluding tert-OH is 1. The van der Waals surface area contributed by atoms with Gasteiger partial charge in [0.1, 0.15) is 6.10 Å². The molecular formula is C29H52N2O4. The Hall–Kier alpha value is -2.08. The number of ether oxygens (including phenoxy) is 1. The molecule has 0 rings (SSSR count). The first-order valence-electron chi connectivity index (χ1n) is 13.5. The van der Waals surface area contributed by atoms with Crippen LogP contribution in [-0.2, 0) is 9.53 Å². The highest BCUT2D eigenvalue weighted by Gasteiger charge is 2.20. The summed E-state index contributed by atoms with van der Waals surface area (Å²) in [5.74, 6) is 0.659. The third-order valence-electron chi connectivity index (χ3n) is 6.41. The molecule has 0 fully saturated rings. The maximum Gasteiger partial charge on any atom is 0.404 e. The predicted molar refractivity (Wildman–Crippen MR) is 146 cm³/mol. The fourth-order valence-electron chi connectivity index (χ4n) is 4.01. The number of hydrogen-bond donors (Lipinski definition) is 3. The van der Waals surface area contributed by atoms with Gasteiger partial charge in [0.05, 0.1) is 6.61 Å². The monoisotopic (exact) mass is 492 g/mol. The van der Waals surface area contributed by atoms with Gasteiger partial charge in [-0.1, -0.05) is 76.7 Å². The van der Waals surface area contributed by atoms with E-state index in [2.05, 4.69) is 31.8 Å². The fourth-order valence-corrected chi connectivity index (χ4v) is 4.01. The second-order valence-electron chi connectivity index (χ2n) is 9.99. The van der Waals surface area contributed by atoms with E-state index in [1.807, 2.05) is 18.2 Å². The van der Waals surface area contributed by atoms with Gasteiger partial charge in [-0.3, -0.25) is 4.79 Å². The van der Waals surface area contributed by atoms with Crippen LogP contribution in [0.4, 0.5) is 4.79 Å². The van der Waals surface area contributed by atoms with Crippen molar-refractivity contribution >= 4 is 12.0 Å². The molecule has 0 aliphatic heterocycles. The Bertz CT molecular complexity index is 645. The highest BCUT2D eigenvalue weighted by atomic mass is 16.6. The minimum atomic E-state index is -0.665. The lowest BCUT2D eigenvalue weighted by molar-refractivity contribution is -0.118. The van der Waals surface area contributed by atoms with Crippen molar-refractivity contribution in [3.8, 4) is 0 Å². The Balaban J connectivity index is 4.03. The maximum absolute atomic E-state index is 11.9. The Labute approximate surface area is 214 Å². The smallest absolute Gasteiger partial charge is 0.404 e. The molecule has 0 aromatic heterocycles. The van der Waals surface area contributed by atoms with Crippen LogP contribution in [0.25, 0.3) is 0 Å². The Morgan fingerprint density at radius 3 is 2.17 bits per heavy atom. The van der Waals surface area contributed by atoms with Gasteiger partial charge in [-0.15, -0.1) is 6.58 Å². The van der Waals surface area contributed by atoms with Crippen molar-refractivity contribution in [2.75, 3.05) is 6.61 Å². The van der Waals surface area contributed by atoms with Crippen molar-refractivity contribution in [1.82, 2.24) is 5.32 Å². The molecule has 4 N–H and O–H groups in total. The van der Waals surface area contributed by atoms with E-state index in [0.29, 0.717) is 17.4 Å².